The van der Waals surface area contributed by atoms with E-state index < -0.39 is 11.5 Å². The molecule has 0 heterocycles. The van der Waals surface area contributed by atoms with Crippen molar-refractivity contribution < 1.29 is 5.11 Å². The van der Waals surface area contributed by atoms with Crippen LogP contribution in [0.5, 0.6) is 0 Å². The molecule has 4 N–H and O–H groups in total. The van der Waals surface area contributed by atoms with Gasteiger partial charge in [-0.15, -0.1) is 0 Å². The van der Waals surface area contributed by atoms with Crippen molar-refractivity contribution in [3.05, 3.63) is 41.2 Å². The highest BCUT2D eigenvalue weighted by molar-refractivity contribution is 5.33. The van der Waals surface area contributed by atoms with Crippen molar-refractivity contribution in [2.24, 2.45) is 5.73 Å². The summed E-state index contributed by atoms with van der Waals surface area (Å²) in [5, 5.41) is 24.4. The molecule has 0 saturated carbocycles. The van der Waals surface area contributed by atoms with Gasteiger partial charge in [-0.25, -0.2) is 0 Å². The fourth-order valence-corrected chi connectivity index (χ4v) is 1.41. The molecule has 2 unspecified atom stereocenters. The van der Waals surface area contributed by atoms with Gasteiger partial charge in [0.2, 0.25) is 5.97 Å². The van der Waals surface area contributed by atoms with Crippen molar-refractivity contribution in [3.8, 4) is 0 Å². The van der Waals surface area contributed by atoms with Gasteiger partial charge >= 0.3 is 0 Å². The Hall–Kier alpha value is -0.980. The average molecular weight is 224 g/mol. The second-order valence-corrected chi connectivity index (χ2v) is 4.10. The van der Waals surface area contributed by atoms with Crippen LogP contribution < -0.4 is 11.1 Å². The number of hydrogen-bond donors (Lipinski definition) is 3. The maximum absolute atomic E-state index is 12.0. The quantitative estimate of drug-likeness (QED) is 0.477. The van der Waals surface area contributed by atoms with Crippen LogP contribution in [0.1, 0.15) is 13.8 Å². The summed E-state index contributed by atoms with van der Waals surface area (Å²) >= 11 is 0. The summed E-state index contributed by atoms with van der Waals surface area (Å²) in [5.41, 5.74) is 5.48. The van der Waals surface area contributed by atoms with Gasteiger partial charge in [0.1, 0.15) is 0 Å². The molecule has 1 aliphatic rings. The highest BCUT2D eigenvalue weighted by Gasteiger charge is 2.32. The third kappa shape index (κ3) is 2.58. The zero-order chi connectivity index (χ0) is 12.4. The Morgan fingerprint density at radius 2 is 2.19 bits per heavy atom. The Morgan fingerprint density at radius 1 is 1.56 bits per heavy atom. The minimum absolute atomic E-state index is 0.416. The SMILES string of the molecule is CNC(N)(O)N([O-])C1(C)C=CC=C(C)C=C1. The first-order valence-electron chi connectivity index (χ1n) is 5.05. The van der Waals surface area contributed by atoms with E-state index in [1.165, 1.54) is 7.05 Å². The van der Waals surface area contributed by atoms with E-state index in [0.29, 0.717) is 5.06 Å². The predicted octanol–water partition coefficient (Wildman–Crippen LogP) is 0.399. The van der Waals surface area contributed by atoms with Gasteiger partial charge in [-0.05, 0) is 20.9 Å². The first-order chi connectivity index (χ1) is 7.32. The Bertz CT molecular complexity index is 347. The van der Waals surface area contributed by atoms with Crippen LogP contribution in [0.3, 0.4) is 0 Å². The molecule has 5 nitrogen and oxygen atoms in total. The van der Waals surface area contributed by atoms with Gasteiger partial charge in [0.15, 0.2) is 0 Å². The number of rotatable bonds is 3. The number of nitrogens with one attached hydrogen (secondary N) is 1. The zero-order valence-electron chi connectivity index (χ0n) is 9.77. The monoisotopic (exact) mass is 224 g/mol. The van der Waals surface area contributed by atoms with Crippen molar-refractivity contribution in [2.45, 2.75) is 25.4 Å². The lowest BCUT2D eigenvalue weighted by Gasteiger charge is -2.50. The van der Waals surface area contributed by atoms with Crippen LogP contribution in [0, 0.1) is 5.21 Å². The molecular weight excluding hydrogens is 206 g/mol. The standard InChI is InChI=1S/C11H18N3O2/c1-9-5-4-7-10(2,8-6-9)14(16)11(12,15)13-3/h4-8,13,15H,12H2,1-3H3/q-1. The molecule has 0 saturated heterocycles. The van der Waals surface area contributed by atoms with Gasteiger partial charge in [0.25, 0.3) is 0 Å². The van der Waals surface area contributed by atoms with Gasteiger partial charge in [0.05, 0.1) is 0 Å². The molecule has 5 heteroatoms. The number of nitrogens with zero attached hydrogens (tertiary/aromatic N) is 1. The van der Waals surface area contributed by atoms with Crippen LogP contribution in [0.15, 0.2) is 36.0 Å². The van der Waals surface area contributed by atoms with E-state index in [0.717, 1.165) is 5.57 Å². The molecule has 0 bridgehead atoms. The molecule has 1 rings (SSSR count). The van der Waals surface area contributed by atoms with Crippen molar-refractivity contribution >= 4 is 0 Å². The van der Waals surface area contributed by atoms with Crippen LogP contribution in [0.4, 0.5) is 0 Å². The van der Waals surface area contributed by atoms with Crippen molar-refractivity contribution in [3.63, 3.8) is 0 Å². The molecule has 0 aromatic rings. The van der Waals surface area contributed by atoms with Crippen molar-refractivity contribution in [2.75, 3.05) is 7.05 Å². The fourth-order valence-electron chi connectivity index (χ4n) is 1.41. The lowest BCUT2D eigenvalue weighted by Crippen LogP contribution is -2.67. The maximum atomic E-state index is 12.0. The normalized spacial score (nSPS) is 28.8. The third-order valence-corrected chi connectivity index (χ3v) is 2.59. The van der Waals surface area contributed by atoms with E-state index in [-0.39, 0.29) is 0 Å². The molecule has 0 radical (unpaired) electrons. The molecular formula is C11H18N3O2-. The minimum atomic E-state index is -2.10. The lowest BCUT2D eigenvalue weighted by molar-refractivity contribution is -0.123. The van der Waals surface area contributed by atoms with Crippen LogP contribution in [-0.2, 0) is 0 Å². The van der Waals surface area contributed by atoms with E-state index in [4.69, 9.17) is 5.73 Å². The molecule has 0 aromatic carbocycles. The minimum Gasteiger partial charge on any atom is -0.780 e. The predicted molar refractivity (Wildman–Crippen MR) is 63.8 cm³/mol. The Morgan fingerprint density at radius 3 is 2.75 bits per heavy atom. The number of hydrogen-bond acceptors (Lipinski definition) is 5. The highest BCUT2D eigenvalue weighted by atomic mass is 16.6. The van der Waals surface area contributed by atoms with Crippen molar-refractivity contribution in [1.82, 2.24) is 10.4 Å². The molecule has 2 atom stereocenters. The van der Waals surface area contributed by atoms with Gasteiger partial charge in [-0.1, -0.05) is 36.0 Å². The lowest BCUT2D eigenvalue weighted by atomic mass is 10.0. The number of hydroxylamine groups is 2. The summed E-state index contributed by atoms with van der Waals surface area (Å²) < 4.78 is 0. The van der Waals surface area contributed by atoms with Gasteiger partial charge in [-0.3, -0.25) is 11.1 Å². The number of nitrogens with two attached hydrogens (primary N) is 1. The van der Waals surface area contributed by atoms with E-state index in [9.17, 15) is 10.3 Å². The summed E-state index contributed by atoms with van der Waals surface area (Å²) in [6.45, 7) is 3.60. The second kappa shape index (κ2) is 4.48. The van der Waals surface area contributed by atoms with Crippen LogP contribution in [-0.4, -0.2) is 28.7 Å². The molecule has 1 aliphatic carbocycles. The molecule has 16 heavy (non-hydrogen) atoms. The van der Waals surface area contributed by atoms with Gasteiger partial charge in [-0.2, -0.15) is 0 Å². The molecule has 0 aliphatic heterocycles. The fraction of sp³-hybridized carbons (Fsp3) is 0.455. The Kier molecular flexibility index (Phi) is 3.67. The number of aliphatic hydroxyl groups is 1. The van der Waals surface area contributed by atoms with Gasteiger partial charge in [0, 0.05) is 5.54 Å². The maximum Gasteiger partial charge on any atom is 0.221 e. The largest absolute Gasteiger partial charge is 0.780 e. The summed E-state index contributed by atoms with van der Waals surface area (Å²) in [7, 11) is 1.42. The van der Waals surface area contributed by atoms with Crippen LogP contribution >= 0.6 is 0 Å². The van der Waals surface area contributed by atoms with E-state index in [1.807, 2.05) is 19.1 Å². The topological polar surface area (TPSA) is 84.6 Å². The van der Waals surface area contributed by atoms with Crippen molar-refractivity contribution in [1.29, 1.82) is 0 Å². The highest BCUT2D eigenvalue weighted by Crippen LogP contribution is 2.24. The summed E-state index contributed by atoms with van der Waals surface area (Å²) in [5.74, 6) is -2.10. The third-order valence-electron chi connectivity index (χ3n) is 2.59. The molecule has 90 valence electrons. The van der Waals surface area contributed by atoms with E-state index in [1.54, 1.807) is 25.2 Å². The number of allylic oxidation sites excluding steroid dienone is 4. The van der Waals surface area contributed by atoms with Crippen LogP contribution in [0.2, 0.25) is 0 Å². The molecule has 0 spiro atoms. The van der Waals surface area contributed by atoms with E-state index in [2.05, 4.69) is 5.32 Å². The Balaban J connectivity index is 3.00. The summed E-state index contributed by atoms with van der Waals surface area (Å²) in [6, 6.07) is 0. The first-order valence-corrected chi connectivity index (χ1v) is 5.05. The zero-order valence-corrected chi connectivity index (χ0v) is 9.77. The smallest absolute Gasteiger partial charge is 0.221 e. The van der Waals surface area contributed by atoms with Gasteiger partial charge < -0.3 is 15.4 Å². The second-order valence-electron chi connectivity index (χ2n) is 4.10. The summed E-state index contributed by atoms with van der Waals surface area (Å²) in [6.07, 6.45) is 8.85. The first kappa shape index (κ1) is 13.1. The molecule has 0 aromatic heterocycles. The van der Waals surface area contributed by atoms with Crippen LogP contribution in [0.25, 0.3) is 0 Å². The van der Waals surface area contributed by atoms with E-state index >= 15 is 0 Å². The molecule has 0 fully saturated rings. The summed E-state index contributed by atoms with van der Waals surface area (Å²) in [4.78, 5) is 0. The Labute approximate surface area is 95.5 Å². The average Bonchev–Trinajstić information content (AvgIpc) is 2.41. The molecule has 0 amide bonds.